The van der Waals surface area contributed by atoms with E-state index in [0.29, 0.717) is 0 Å². The summed E-state index contributed by atoms with van der Waals surface area (Å²) in [6, 6.07) is 3.35. The Hall–Kier alpha value is -0.220. The van der Waals surface area contributed by atoms with E-state index in [4.69, 9.17) is 0 Å². The van der Waals surface area contributed by atoms with Gasteiger partial charge in [0.1, 0.15) is 0 Å². The third kappa shape index (κ3) is 3.56. The summed E-state index contributed by atoms with van der Waals surface area (Å²) in [4.78, 5) is 11.3. The summed E-state index contributed by atoms with van der Waals surface area (Å²) < 4.78 is 2.68. The lowest BCUT2D eigenvalue weighted by Gasteiger charge is -2.04. The molecule has 0 spiro atoms. The van der Waals surface area contributed by atoms with Crippen LogP contribution in [0.5, 0.6) is 0 Å². The predicted octanol–water partition coefficient (Wildman–Crippen LogP) is 2.36. The average molecular weight is 262 g/mol. The van der Waals surface area contributed by atoms with Crippen molar-refractivity contribution in [2.24, 2.45) is 0 Å². The van der Waals surface area contributed by atoms with Gasteiger partial charge in [-0.1, -0.05) is 6.92 Å². The molecule has 0 aliphatic rings. The van der Waals surface area contributed by atoms with Gasteiger partial charge in [-0.15, -0.1) is 0 Å². The van der Waals surface area contributed by atoms with Crippen molar-refractivity contribution in [3.8, 4) is 0 Å². The number of hydrogen-bond acceptors (Lipinski definition) is 2. The summed E-state index contributed by atoms with van der Waals surface area (Å²) in [5.41, 5.74) is 0.0694. The average Bonchev–Trinajstić information content (AvgIpc) is 2.11. The largest absolute Gasteiger partial charge is 0.314 e. The molecule has 0 radical (unpaired) electrons. The molecule has 0 fully saturated rings. The zero-order valence-corrected chi connectivity index (χ0v) is 9.90. The van der Waals surface area contributed by atoms with Gasteiger partial charge in [-0.3, -0.25) is 4.79 Å². The number of hydrogen-bond donors (Lipinski definition) is 0. The zero-order valence-electron chi connectivity index (χ0n) is 7.50. The van der Waals surface area contributed by atoms with Gasteiger partial charge in [-0.05, 0) is 27.7 Å². The maximum Gasteiger partial charge on any atom is 0.250 e. The van der Waals surface area contributed by atoms with Gasteiger partial charge in [0.05, 0.1) is 0 Å². The summed E-state index contributed by atoms with van der Waals surface area (Å²) in [6.07, 6.45) is 1.83. The minimum absolute atomic E-state index is 0.0694. The highest BCUT2D eigenvalue weighted by Gasteiger charge is 1.95. The van der Waals surface area contributed by atoms with E-state index in [9.17, 15) is 4.79 Å². The molecule has 0 aromatic carbocycles. The van der Waals surface area contributed by atoms with E-state index in [1.807, 2.05) is 18.0 Å². The van der Waals surface area contributed by atoms with E-state index in [2.05, 4.69) is 22.9 Å². The molecule has 0 aliphatic carbocycles. The molecule has 0 N–H and O–H groups in total. The van der Waals surface area contributed by atoms with Gasteiger partial charge in [0, 0.05) is 29.0 Å². The highest BCUT2D eigenvalue weighted by molar-refractivity contribution is 9.10. The fourth-order valence-corrected chi connectivity index (χ4v) is 1.98. The number of halogens is 1. The summed E-state index contributed by atoms with van der Waals surface area (Å²) in [5, 5.41) is 0. The topological polar surface area (TPSA) is 22.0 Å². The molecule has 0 bridgehead atoms. The monoisotopic (exact) mass is 261 g/mol. The van der Waals surface area contributed by atoms with E-state index >= 15 is 0 Å². The van der Waals surface area contributed by atoms with Crippen molar-refractivity contribution in [1.29, 1.82) is 0 Å². The number of thioether (sulfide) groups is 1. The SMILES string of the molecule is CCSCCn1cc(Br)ccc1=O. The Morgan fingerprint density at radius 1 is 1.54 bits per heavy atom. The predicted molar refractivity (Wildman–Crippen MR) is 61.4 cm³/mol. The molecular weight excluding hydrogens is 250 g/mol. The molecule has 1 heterocycles. The van der Waals surface area contributed by atoms with Crippen molar-refractivity contribution in [2.75, 3.05) is 11.5 Å². The Labute approximate surface area is 90.5 Å². The van der Waals surface area contributed by atoms with Crippen LogP contribution in [0.3, 0.4) is 0 Å². The fourth-order valence-electron chi connectivity index (χ4n) is 0.984. The molecular formula is C9H12BrNOS. The molecule has 1 aromatic heterocycles. The summed E-state index contributed by atoms with van der Waals surface area (Å²) in [7, 11) is 0. The maximum atomic E-state index is 11.3. The first-order chi connectivity index (χ1) is 6.24. The van der Waals surface area contributed by atoms with Crippen molar-refractivity contribution in [3.05, 3.63) is 33.2 Å². The molecule has 0 saturated carbocycles. The molecule has 2 nitrogen and oxygen atoms in total. The van der Waals surface area contributed by atoms with Crippen LogP contribution in [0.15, 0.2) is 27.6 Å². The molecule has 0 amide bonds. The molecule has 0 unspecified atom stereocenters. The minimum Gasteiger partial charge on any atom is -0.314 e. The number of aryl methyl sites for hydroxylation is 1. The van der Waals surface area contributed by atoms with Gasteiger partial charge >= 0.3 is 0 Å². The van der Waals surface area contributed by atoms with Crippen LogP contribution in [0, 0.1) is 0 Å². The zero-order chi connectivity index (χ0) is 9.68. The van der Waals surface area contributed by atoms with Crippen molar-refractivity contribution in [2.45, 2.75) is 13.5 Å². The van der Waals surface area contributed by atoms with Crippen LogP contribution in [0.25, 0.3) is 0 Å². The lowest BCUT2D eigenvalue weighted by atomic mass is 10.5. The number of nitrogens with zero attached hydrogens (tertiary/aromatic N) is 1. The van der Waals surface area contributed by atoms with Gasteiger partial charge in [-0.2, -0.15) is 11.8 Å². The van der Waals surface area contributed by atoms with Crippen LogP contribution >= 0.6 is 27.7 Å². The second-order valence-electron chi connectivity index (χ2n) is 2.58. The van der Waals surface area contributed by atoms with E-state index in [1.165, 1.54) is 0 Å². The van der Waals surface area contributed by atoms with Crippen LogP contribution in [0.1, 0.15) is 6.92 Å². The first-order valence-corrected chi connectivity index (χ1v) is 6.12. The van der Waals surface area contributed by atoms with Crippen molar-refractivity contribution in [3.63, 3.8) is 0 Å². The molecule has 1 aromatic rings. The Kier molecular flexibility index (Phi) is 4.59. The summed E-state index contributed by atoms with van der Waals surface area (Å²) in [5.74, 6) is 2.09. The minimum atomic E-state index is 0.0694. The molecule has 72 valence electrons. The van der Waals surface area contributed by atoms with Crippen LogP contribution < -0.4 is 5.56 Å². The standard InChI is InChI=1S/C9H12BrNOS/c1-2-13-6-5-11-7-8(10)3-4-9(11)12/h3-4,7H,2,5-6H2,1H3. The highest BCUT2D eigenvalue weighted by Crippen LogP contribution is 2.06. The van der Waals surface area contributed by atoms with E-state index in [-0.39, 0.29) is 5.56 Å². The smallest absolute Gasteiger partial charge is 0.250 e. The Morgan fingerprint density at radius 2 is 2.31 bits per heavy atom. The summed E-state index contributed by atoms with van der Waals surface area (Å²) in [6.45, 7) is 2.91. The second kappa shape index (κ2) is 5.50. The number of rotatable bonds is 4. The van der Waals surface area contributed by atoms with Gasteiger partial charge in [0.2, 0.25) is 0 Å². The lowest BCUT2D eigenvalue weighted by molar-refractivity contribution is 0.732. The van der Waals surface area contributed by atoms with E-state index in [0.717, 1.165) is 22.5 Å². The number of pyridine rings is 1. The van der Waals surface area contributed by atoms with Gasteiger partial charge in [0.15, 0.2) is 0 Å². The summed E-state index contributed by atoms with van der Waals surface area (Å²) >= 11 is 5.18. The normalized spacial score (nSPS) is 10.3. The quantitative estimate of drug-likeness (QED) is 0.777. The second-order valence-corrected chi connectivity index (χ2v) is 4.89. The Bertz CT molecular complexity index is 324. The van der Waals surface area contributed by atoms with Crippen molar-refractivity contribution in [1.82, 2.24) is 4.57 Å². The first kappa shape index (κ1) is 10.9. The van der Waals surface area contributed by atoms with Crippen molar-refractivity contribution >= 4 is 27.7 Å². The molecule has 0 aliphatic heterocycles. The third-order valence-electron chi connectivity index (χ3n) is 1.63. The van der Waals surface area contributed by atoms with Crippen LogP contribution in [0.4, 0.5) is 0 Å². The van der Waals surface area contributed by atoms with Gasteiger partial charge in [0.25, 0.3) is 5.56 Å². The lowest BCUT2D eigenvalue weighted by Crippen LogP contribution is -2.19. The van der Waals surface area contributed by atoms with Gasteiger partial charge in [-0.25, -0.2) is 0 Å². The van der Waals surface area contributed by atoms with Crippen LogP contribution in [-0.4, -0.2) is 16.1 Å². The molecule has 0 atom stereocenters. The first-order valence-electron chi connectivity index (χ1n) is 4.17. The van der Waals surface area contributed by atoms with Crippen LogP contribution in [-0.2, 0) is 6.54 Å². The highest BCUT2D eigenvalue weighted by atomic mass is 79.9. The van der Waals surface area contributed by atoms with E-state index in [1.54, 1.807) is 16.7 Å². The molecule has 0 saturated heterocycles. The Balaban J connectivity index is 2.65. The molecule has 4 heteroatoms. The Morgan fingerprint density at radius 3 is 3.00 bits per heavy atom. The molecule has 13 heavy (non-hydrogen) atoms. The third-order valence-corrected chi connectivity index (χ3v) is 2.98. The van der Waals surface area contributed by atoms with E-state index < -0.39 is 0 Å². The number of aromatic nitrogens is 1. The van der Waals surface area contributed by atoms with Crippen LogP contribution in [0.2, 0.25) is 0 Å². The van der Waals surface area contributed by atoms with Crippen molar-refractivity contribution < 1.29 is 0 Å². The fraction of sp³-hybridized carbons (Fsp3) is 0.444. The maximum absolute atomic E-state index is 11.3. The van der Waals surface area contributed by atoms with Gasteiger partial charge < -0.3 is 4.57 Å². The molecule has 1 rings (SSSR count).